The molecule has 0 unspecified atom stereocenters. The number of halogens is 3. The smallest absolute Gasteiger partial charge is 0.264 e. The van der Waals surface area contributed by atoms with E-state index in [-0.39, 0.29) is 16.3 Å². The summed E-state index contributed by atoms with van der Waals surface area (Å²) < 4.78 is 53.2. The van der Waals surface area contributed by atoms with Crippen molar-refractivity contribution in [2.24, 2.45) is 0 Å². The number of benzene rings is 2. The summed E-state index contributed by atoms with van der Waals surface area (Å²) in [5.41, 5.74) is 0.143. The third kappa shape index (κ3) is 3.49. The third-order valence-electron chi connectivity index (χ3n) is 2.64. The van der Waals surface area contributed by atoms with Crippen LogP contribution in [0.5, 0.6) is 0 Å². The van der Waals surface area contributed by atoms with E-state index >= 15 is 0 Å². The molecular weight excluding hydrogens is 324 g/mol. The lowest BCUT2D eigenvalue weighted by Gasteiger charge is -2.10. The maximum atomic E-state index is 13.7. The minimum absolute atomic E-state index is 0.0919. The molecule has 112 valence electrons. The summed E-state index contributed by atoms with van der Waals surface area (Å²) in [7, 11) is -4.25. The van der Waals surface area contributed by atoms with E-state index < -0.39 is 33.2 Å². The standard InChI is InChI=1S/C13H10ClF2NO3S/c14-10-3-2-9(6-12(10)16)17-21(19,20)13-5-8(7-18)1-4-11(13)15/h1-6,17-18H,7H2. The van der Waals surface area contributed by atoms with Gasteiger partial charge in [-0.2, -0.15) is 0 Å². The van der Waals surface area contributed by atoms with Crippen molar-refractivity contribution in [1.29, 1.82) is 0 Å². The molecule has 0 heterocycles. The van der Waals surface area contributed by atoms with E-state index in [2.05, 4.69) is 0 Å². The molecular formula is C13H10ClF2NO3S. The quantitative estimate of drug-likeness (QED) is 0.904. The Balaban J connectivity index is 2.40. The van der Waals surface area contributed by atoms with Crippen LogP contribution < -0.4 is 4.72 Å². The molecule has 0 bridgehead atoms. The molecule has 0 fully saturated rings. The molecule has 0 amide bonds. The lowest BCUT2D eigenvalue weighted by atomic mass is 10.2. The number of nitrogens with one attached hydrogen (secondary N) is 1. The first-order valence-electron chi connectivity index (χ1n) is 5.70. The van der Waals surface area contributed by atoms with Gasteiger partial charge in [-0.15, -0.1) is 0 Å². The van der Waals surface area contributed by atoms with Gasteiger partial charge in [-0.05, 0) is 35.9 Å². The van der Waals surface area contributed by atoms with Crippen molar-refractivity contribution < 1.29 is 22.3 Å². The number of anilines is 1. The zero-order chi connectivity index (χ0) is 15.6. The first-order valence-corrected chi connectivity index (χ1v) is 7.57. The Kier molecular flexibility index (Phi) is 4.46. The number of hydrogen-bond acceptors (Lipinski definition) is 3. The normalized spacial score (nSPS) is 11.4. The summed E-state index contributed by atoms with van der Waals surface area (Å²) in [5.74, 6) is -1.78. The second-order valence-corrected chi connectivity index (χ2v) is 6.22. The number of sulfonamides is 1. The van der Waals surface area contributed by atoms with Gasteiger partial charge in [-0.1, -0.05) is 17.7 Å². The van der Waals surface area contributed by atoms with Gasteiger partial charge in [0.05, 0.1) is 17.3 Å². The van der Waals surface area contributed by atoms with E-state index in [9.17, 15) is 17.2 Å². The van der Waals surface area contributed by atoms with E-state index in [4.69, 9.17) is 16.7 Å². The molecule has 2 N–H and O–H groups in total. The largest absolute Gasteiger partial charge is 0.392 e. The highest BCUT2D eigenvalue weighted by atomic mass is 35.5. The Morgan fingerprint density at radius 1 is 1.10 bits per heavy atom. The second kappa shape index (κ2) is 5.97. The lowest BCUT2D eigenvalue weighted by molar-refractivity contribution is 0.281. The van der Waals surface area contributed by atoms with E-state index in [1.807, 2.05) is 4.72 Å². The zero-order valence-corrected chi connectivity index (χ0v) is 12.0. The molecule has 0 aromatic heterocycles. The fraction of sp³-hybridized carbons (Fsp3) is 0.0769. The molecule has 0 radical (unpaired) electrons. The van der Waals surface area contributed by atoms with E-state index in [1.54, 1.807) is 0 Å². The maximum absolute atomic E-state index is 13.7. The molecule has 4 nitrogen and oxygen atoms in total. The van der Waals surface area contributed by atoms with Gasteiger partial charge in [0, 0.05) is 0 Å². The van der Waals surface area contributed by atoms with Gasteiger partial charge in [0.2, 0.25) is 0 Å². The summed E-state index contributed by atoms with van der Waals surface area (Å²) in [6.07, 6.45) is 0. The van der Waals surface area contributed by atoms with Crippen LogP contribution in [0.2, 0.25) is 5.02 Å². The van der Waals surface area contributed by atoms with Crippen molar-refractivity contribution in [3.8, 4) is 0 Å². The van der Waals surface area contributed by atoms with Crippen LogP contribution in [0.3, 0.4) is 0 Å². The molecule has 8 heteroatoms. The zero-order valence-electron chi connectivity index (χ0n) is 10.5. The lowest BCUT2D eigenvalue weighted by Crippen LogP contribution is -2.15. The number of aliphatic hydroxyl groups is 1. The average molecular weight is 334 g/mol. The second-order valence-electron chi connectivity index (χ2n) is 4.16. The first-order chi connectivity index (χ1) is 9.83. The topological polar surface area (TPSA) is 66.4 Å². The highest BCUT2D eigenvalue weighted by Gasteiger charge is 2.20. The maximum Gasteiger partial charge on any atom is 0.264 e. The summed E-state index contributed by atoms with van der Waals surface area (Å²) >= 11 is 5.49. The number of rotatable bonds is 4. The number of aliphatic hydroxyl groups excluding tert-OH is 1. The van der Waals surface area contributed by atoms with Crippen molar-refractivity contribution in [1.82, 2.24) is 0 Å². The highest BCUT2D eigenvalue weighted by molar-refractivity contribution is 7.92. The molecule has 0 atom stereocenters. The van der Waals surface area contributed by atoms with Crippen molar-refractivity contribution >= 4 is 27.3 Å². The van der Waals surface area contributed by atoms with Crippen LogP contribution in [0.4, 0.5) is 14.5 Å². The van der Waals surface area contributed by atoms with Crippen LogP contribution >= 0.6 is 11.6 Å². The van der Waals surface area contributed by atoms with Gasteiger partial charge in [0.25, 0.3) is 10.0 Å². The summed E-state index contributed by atoms with van der Waals surface area (Å²) in [6, 6.07) is 6.50. The average Bonchev–Trinajstić information content (AvgIpc) is 2.43. The van der Waals surface area contributed by atoms with Crippen LogP contribution in [0.15, 0.2) is 41.3 Å². The summed E-state index contributed by atoms with van der Waals surface area (Å²) in [5, 5.41) is 8.81. The monoisotopic (exact) mass is 333 g/mol. The van der Waals surface area contributed by atoms with Crippen molar-refractivity contribution in [3.05, 3.63) is 58.6 Å². The Morgan fingerprint density at radius 2 is 1.81 bits per heavy atom. The molecule has 2 aromatic rings. The molecule has 0 saturated heterocycles. The Morgan fingerprint density at radius 3 is 2.43 bits per heavy atom. The predicted octanol–water partition coefficient (Wildman–Crippen LogP) is 2.91. The van der Waals surface area contributed by atoms with Crippen molar-refractivity contribution in [3.63, 3.8) is 0 Å². The molecule has 2 rings (SSSR count). The minimum Gasteiger partial charge on any atom is -0.392 e. The molecule has 0 spiro atoms. The van der Waals surface area contributed by atoms with Crippen molar-refractivity contribution in [2.75, 3.05) is 4.72 Å². The molecule has 0 aliphatic carbocycles. The van der Waals surface area contributed by atoms with Crippen molar-refractivity contribution in [2.45, 2.75) is 11.5 Å². The van der Waals surface area contributed by atoms with Gasteiger partial charge >= 0.3 is 0 Å². The van der Waals surface area contributed by atoms with Crippen LogP contribution in [-0.4, -0.2) is 13.5 Å². The van der Waals surface area contributed by atoms with Gasteiger partial charge < -0.3 is 5.11 Å². The fourth-order valence-corrected chi connectivity index (χ4v) is 2.92. The van der Waals surface area contributed by atoms with Gasteiger partial charge in [0.1, 0.15) is 16.5 Å². The van der Waals surface area contributed by atoms with Crippen LogP contribution in [-0.2, 0) is 16.6 Å². The number of hydrogen-bond donors (Lipinski definition) is 2. The highest BCUT2D eigenvalue weighted by Crippen LogP contribution is 2.23. The van der Waals surface area contributed by atoms with Crippen LogP contribution in [0.25, 0.3) is 0 Å². The Bertz CT molecular complexity index is 781. The molecule has 0 aliphatic rings. The van der Waals surface area contributed by atoms with E-state index in [0.29, 0.717) is 0 Å². The Labute approximate surface area is 125 Å². The molecule has 0 saturated carbocycles. The van der Waals surface area contributed by atoms with E-state index in [1.165, 1.54) is 18.2 Å². The molecule has 21 heavy (non-hydrogen) atoms. The van der Waals surface area contributed by atoms with Crippen LogP contribution in [0, 0.1) is 11.6 Å². The minimum atomic E-state index is -4.25. The summed E-state index contributed by atoms with van der Waals surface area (Å²) in [4.78, 5) is -0.635. The van der Waals surface area contributed by atoms with Gasteiger partial charge in [-0.3, -0.25) is 4.72 Å². The van der Waals surface area contributed by atoms with E-state index in [0.717, 1.165) is 18.2 Å². The first kappa shape index (κ1) is 15.7. The third-order valence-corrected chi connectivity index (χ3v) is 4.34. The SMILES string of the molecule is O=S(=O)(Nc1ccc(Cl)c(F)c1)c1cc(CO)ccc1F. The van der Waals surface area contributed by atoms with Crippen LogP contribution in [0.1, 0.15) is 5.56 Å². The van der Waals surface area contributed by atoms with Gasteiger partial charge in [-0.25, -0.2) is 17.2 Å². The predicted molar refractivity (Wildman–Crippen MR) is 74.5 cm³/mol. The van der Waals surface area contributed by atoms with Gasteiger partial charge in [0.15, 0.2) is 0 Å². The summed E-state index contributed by atoms with van der Waals surface area (Å²) in [6.45, 7) is -0.432. The fourth-order valence-electron chi connectivity index (χ4n) is 1.62. The molecule has 2 aromatic carbocycles. The molecule has 0 aliphatic heterocycles. The Hall–Kier alpha value is -1.70.